The molecular formula is C4H3ClF2O2. The van der Waals surface area contributed by atoms with Crippen molar-refractivity contribution in [3.63, 3.8) is 0 Å². The van der Waals surface area contributed by atoms with Gasteiger partial charge in [0.05, 0.1) is 5.88 Å². The summed E-state index contributed by atoms with van der Waals surface area (Å²) in [6, 6.07) is 0. The largest absolute Gasteiger partial charge is 0.476 e. The predicted octanol–water partition coefficient (Wildman–Crippen LogP) is 1.46. The van der Waals surface area contributed by atoms with E-state index in [1.54, 1.807) is 0 Å². The van der Waals surface area contributed by atoms with Crippen LogP contribution in [0.5, 0.6) is 0 Å². The minimum absolute atomic E-state index is 0.752. The lowest BCUT2D eigenvalue weighted by Gasteiger charge is -1.87. The molecule has 0 aromatic carbocycles. The highest BCUT2D eigenvalue weighted by molar-refractivity contribution is 6.19. The van der Waals surface area contributed by atoms with E-state index in [-0.39, 0.29) is 0 Å². The van der Waals surface area contributed by atoms with Gasteiger partial charge in [0.15, 0.2) is 5.83 Å². The molecule has 0 saturated carbocycles. The Hall–Kier alpha value is -0.640. The Morgan fingerprint density at radius 3 is 2.11 bits per heavy atom. The van der Waals surface area contributed by atoms with Gasteiger partial charge in [-0.1, -0.05) is 0 Å². The van der Waals surface area contributed by atoms with Crippen LogP contribution >= 0.6 is 11.6 Å². The van der Waals surface area contributed by atoms with E-state index in [4.69, 9.17) is 16.7 Å². The minimum atomic E-state index is -1.94. The Labute approximate surface area is 54.7 Å². The molecule has 0 aliphatic carbocycles. The van der Waals surface area contributed by atoms with Crippen LogP contribution < -0.4 is 0 Å². The van der Waals surface area contributed by atoms with Crippen LogP contribution in [0.25, 0.3) is 0 Å². The summed E-state index contributed by atoms with van der Waals surface area (Å²) in [4.78, 5) is 9.57. The van der Waals surface area contributed by atoms with Crippen molar-refractivity contribution in [1.29, 1.82) is 0 Å². The third-order valence-electron chi connectivity index (χ3n) is 0.543. The molecule has 0 radical (unpaired) electrons. The molecule has 0 aromatic rings. The molecule has 9 heavy (non-hydrogen) atoms. The average molecular weight is 157 g/mol. The lowest BCUT2D eigenvalue weighted by Crippen LogP contribution is -1.97. The van der Waals surface area contributed by atoms with E-state index in [9.17, 15) is 13.6 Å². The third-order valence-corrected chi connectivity index (χ3v) is 0.778. The molecule has 1 N–H and O–H groups in total. The number of carbonyl (C=O) groups is 1. The van der Waals surface area contributed by atoms with Gasteiger partial charge in [0, 0.05) is 0 Å². The smallest absolute Gasteiger partial charge is 0.367 e. The van der Waals surface area contributed by atoms with Crippen LogP contribution in [-0.4, -0.2) is 17.0 Å². The monoisotopic (exact) mass is 156 g/mol. The van der Waals surface area contributed by atoms with Crippen LogP contribution in [0.15, 0.2) is 11.7 Å². The molecule has 0 amide bonds. The van der Waals surface area contributed by atoms with Gasteiger partial charge < -0.3 is 5.11 Å². The number of hydrogen-bond donors (Lipinski definition) is 1. The molecule has 0 bridgehead atoms. The number of allylic oxidation sites excluding steroid dienone is 1. The highest BCUT2D eigenvalue weighted by atomic mass is 35.5. The molecule has 52 valence electrons. The highest BCUT2D eigenvalue weighted by Gasteiger charge is 2.11. The fourth-order valence-corrected chi connectivity index (χ4v) is 0.292. The number of rotatable bonds is 2. The van der Waals surface area contributed by atoms with E-state index in [1.807, 2.05) is 0 Å². The van der Waals surface area contributed by atoms with Gasteiger partial charge in [0.2, 0.25) is 5.83 Å². The average Bonchev–Trinajstić information content (AvgIpc) is 1.84. The zero-order chi connectivity index (χ0) is 7.44. The molecule has 0 fully saturated rings. The van der Waals surface area contributed by atoms with Crippen LogP contribution in [-0.2, 0) is 4.79 Å². The molecule has 0 rings (SSSR count). The molecule has 0 heterocycles. The number of carboxylic acid groups (broad SMARTS) is 1. The van der Waals surface area contributed by atoms with E-state index in [0.29, 0.717) is 0 Å². The van der Waals surface area contributed by atoms with Gasteiger partial charge in [0.1, 0.15) is 0 Å². The molecular weight excluding hydrogens is 153 g/mol. The van der Waals surface area contributed by atoms with Gasteiger partial charge in [-0.3, -0.25) is 0 Å². The Balaban J connectivity index is 4.28. The predicted molar refractivity (Wildman–Crippen MR) is 27.6 cm³/mol. The van der Waals surface area contributed by atoms with E-state index < -0.39 is 23.5 Å². The Kier molecular flexibility index (Phi) is 3.16. The maximum Gasteiger partial charge on any atom is 0.367 e. The number of carboxylic acids is 1. The van der Waals surface area contributed by atoms with Crippen LogP contribution in [0.2, 0.25) is 0 Å². The summed E-state index contributed by atoms with van der Waals surface area (Å²) in [5.41, 5.74) is 0. The van der Waals surface area contributed by atoms with E-state index >= 15 is 0 Å². The molecule has 0 aliphatic rings. The van der Waals surface area contributed by atoms with Gasteiger partial charge in [-0.2, -0.15) is 4.39 Å². The molecule has 0 aliphatic heterocycles. The number of alkyl halides is 1. The lowest BCUT2D eigenvalue weighted by molar-refractivity contribution is -0.134. The highest BCUT2D eigenvalue weighted by Crippen LogP contribution is 2.08. The van der Waals surface area contributed by atoms with Crippen molar-refractivity contribution < 1.29 is 18.7 Å². The molecule has 2 nitrogen and oxygen atoms in total. The maximum absolute atomic E-state index is 11.8. The zero-order valence-electron chi connectivity index (χ0n) is 4.20. The number of aliphatic carboxylic acids is 1. The van der Waals surface area contributed by atoms with Crippen LogP contribution in [0.3, 0.4) is 0 Å². The van der Waals surface area contributed by atoms with Crippen molar-refractivity contribution in [2.45, 2.75) is 0 Å². The number of hydrogen-bond acceptors (Lipinski definition) is 1. The Bertz CT molecular complexity index is 155. The van der Waals surface area contributed by atoms with Crippen molar-refractivity contribution in [3.8, 4) is 0 Å². The third kappa shape index (κ3) is 2.41. The normalized spacial score (nSPS) is 12.8. The first-order chi connectivity index (χ1) is 4.09. The summed E-state index contributed by atoms with van der Waals surface area (Å²) >= 11 is 4.75. The fraction of sp³-hybridized carbons (Fsp3) is 0.250. The Morgan fingerprint density at radius 2 is 2.00 bits per heavy atom. The molecule has 0 unspecified atom stereocenters. The van der Waals surface area contributed by atoms with Crippen molar-refractivity contribution in [2.75, 3.05) is 5.88 Å². The minimum Gasteiger partial charge on any atom is -0.476 e. The van der Waals surface area contributed by atoms with Crippen molar-refractivity contribution in [1.82, 2.24) is 0 Å². The van der Waals surface area contributed by atoms with E-state index in [2.05, 4.69) is 0 Å². The summed E-state index contributed by atoms with van der Waals surface area (Å²) in [7, 11) is 0. The van der Waals surface area contributed by atoms with Crippen molar-refractivity contribution in [3.05, 3.63) is 11.7 Å². The van der Waals surface area contributed by atoms with Crippen molar-refractivity contribution in [2.24, 2.45) is 0 Å². The second kappa shape index (κ2) is 3.40. The van der Waals surface area contributed by atoms with Crippen LogP contribution in [0.4, 0.5) is 8.78 Å². The topological polar surface area (TPSA) is 37.3 Å². The molecule has 0 aromatic heterocycles. The standard InChI is InChI=1S/C4H3ClF2O2/c5-1-2(6)3(7)4(8)9/h1H2,(H,8,9)/b3-2+. The zero-order valence-corrected chi connectivity index (χ0v) is 4.95. The summed E-state index contributed by atoms with van der Waals surface area (Å²) < 4.78 is 23.5. The second-order valence-corrected chi connectivity index (χ2v) is 1.42. The SMILES string of the molecule is O=C(O)/C(F)=C(\F)CCl. The van der Waals surface area contributed by atoms with Crippen molar-refractivity contribution >= 4 is 17.6 Å². The maximum atomic E-state index is 11.8. The molecule has 0 saturated heterocycles. The van der Waals surface area contributed by atoms with Gasteiger partial charge in [-0.05, 0) is 0 Å². The molecule has 0 spiro atoms. The summed E-state index contributed by atoms with van der Waals surface area (Å²) in [5, 5.41) is 7.75. The van der Waals surface area contributed by atoms with Crippen LogP contribution in [0, 0.1) is 0 Å². The Morgan fingerprint density at radius 1 is 1.56 bits per heavy atom. The molecule has 5 heteroatoms. The van der Waals surface area contributed by atoms with Crippen LogP contribution in [0.1, 0.15) is 0 Å². The van der Waals surface area contributed by atoms with E-state index in [1.165, 1.54) is 0 Å². The van der Waals surface area contributed by atoms with Gasteiger partial charge in [-0.25, -0.2) is 9.18 Å². The first-order valence-electron chi connectivity index (χ1n) is 1.93. The first kappa shape index (κ1) is 8.36. The summed E-state index contributed by atoms with van der Waals surface area (Å²) in [6.45, 7) is 0. The van der Waals surface area contributed by atoms with Gasteiger partial charge >= 0.3 is 5.97 Å². The van der Waals surface area contributed by atoms with E-state index in [0.717, 1.165) is 0 Å². The first-order valence-corrected chi connectivity index (χ1v) is 2.46. The second-order valence-electron chi connectivity index (χ2n) is 1.16. The summed E-state index contributed by atoms with van der Waals surface area (Å²) in [6.07, 6.45) is 0. The lowest BCUT2D eigenvalue weighted by atomic mass is 10.5. The van der Waals surface area contributed by atoms with Gasteiger partial charge in [-0.15, -0.1) is 11.6 Å². The van der Waals surface area contributed by atoms with Gasteiger partial charge in [0.25, 0.3) is 0 Å². The summed E-state index contributed by atoms with van der Waals surface area (Å²) in [5.74, 6) is -5.97. The fourth-order valence-electron chi connectivity index (χ4n) is 0.175. The number of halogens is 3. The quantitative estimate of drug-likeness (QED) is 0.486. The molecule has 0 atom stereocenters.